The lowest BCUT2D eigenvalue weighted by molar-refractivity contribution is -0.138. The van der Waals surface area contributed by atoms with E-state index in [4.69, 9.17) is 5.11 Å². The molecule has 0 spiro atoms. The molecule has 0 saturated heterocycles. The largest absolute Gasteiger partial charge is 0.481 e. The molecule has 0 amide bonds. The van der Waals surface area contributed by atoms with E-state index in [1.54, 1.807) is 0 Å². The Kier molecular flexibility index (Phi) is 3.07. The fourth-order valence-electron chi connectivity index (χ4n) is 1.49. The topological polar surface area (TPSA) is 63.1 Å². The van der Waals surface area contributed by atoms with E-state index in [1.807, 2.05) is 33.8 Å². The van der Waals surface area contributed by atoms with E-state index in [0.717, 1.165) is 11.4 Å². The van der Waals surface area contributed by atoms with Crippen LogP contribution in [0.15, 0.2) is 6.07 Å². The van der Waals surface area contributed by atoms with Crippen LogP contribution >= 0.6 is 0 Å². The van der Waals surface area contributed by atoms with E-state index in [0.29, 0.717) is 5.82 Å². The summed E-state index contributed by atoms with van der Waals surface area (Å²) in [4.78, 5) is 19.3. The van der Waals surface area contributed by atoms with Crippen LogP contribution in [0.2, 0.25) is 0 Å². The van der Waals surface area contributed by atoms with E-state index >= 15 is 0 Å². The molecule has 0 saturated carbocycles. The van der Waals surface area contributed by atoms with Crippen molar-refractivity contribution in [2.45, 2.75) is 39.5 Å². The Hall–Kier alpha value is -1.45. The molecule has 4 heteroatoms. The van der Waals surface area contributed by atoms with Crippen molar-refractivity contribution in [2.24, 2.45) is 0 Å². The van der Waals surface area contributed by atoms with Crippen molar-refractivity contribution in [1.29, 1.82) is 0 Å². The Labute approximate surface area is 89.4 Å². The smallest absolute Gasteiger partial charge is 0.304 e. The van der Waals surface area contributed by atoms with Crippen LogP contribution in [-0.4, -0.2) is 21.0 Å². The van der Waals surface area contributed by atoms with Crippen molar-refractivity contribution < 1.29 is 9.90 Å². The van der Waals surface area contributed by atoms with Crippen LogP contribution in [0.25, 0.3) is 0 Å². The third kappa shape index (κ3) is 3.01. The zero-order valence-corrected chi connectivity index (χ0v) is 9.53. The van der Waals surface area contributed by atoms with Gasteiger partial charge < -0.3 is 5.11 Å². The number of aliphatic carboxylic acids is 1. The molecule has 0 aromatic carbocycles. The average Bonchev–Trinajstić information content (AvgIpc) is 1.99. The summed E-state index contributed by atoms with van der Waals surface area (Å²) >= 11 is 0. The van der Waals surface area contributed by atoms with E-state index in [1.165, 1.54) is 0 Å². The molecule has 1 aromatic heterocycles. The second kappa shape index (κ2) is 3.96. The molecule has 0 atom stereocenters. The van der Waals surface area contributed by atoms with Gasteiger partial charge in [-0.25, -0.2) is 9.97 Å². The molecule has 1 rings (SSSR count). The monoisotopic (exact) mass is 208 g/mol. The second-order valence-electron chi connectivity index (χ2n) is 4.43. The number of aryl methyl sites for hydroxylation is 2. The Morgan fingerprint density at radius 1 is 1.33 bits per heavy atom. The Balaban J connectivity index is 3.08. The highest BCUT2D eigenvalue weighted by Gasteiger charge is 2.27. The molecule has 0 fully saturated rings. The van der Waals surface area contributed by atoms with Crippen LogP contribution in [0.3, 0.4) is 0 Å². The molecule has 15 heavy (non-hydrogen) atoms. The van der Waals surface area contributed by atoms with Crippen LogP contribution in [0, 0.1) is 13.8 Å². The minimum absolute atomic E-state index is 0.0376. The van der Waals surface area contributed by atoms with Crippen LogP contribution in [0.1, 0.15) is 37.5 Å². The number of carbonyl (C=O) groups is 1. The van der Waals surface area contributed by atoms with Gasteiger partial charge in [-0.3, -0.25) is 4.79 Å². The molecular formula is C11H16N2O2. The number of hydrogen-bond acceptors (Lipinski definition) is 3. The molecule has 1 heterocycles. The number of aromatic nitrogens is 2. The maximum Gasteiger partial charge on any atom is 0.304 e. The maximum atomic E-state index is 10.7. The lowest BCUT2D eigenvalue weighted by Crippen LogP contribution is -2.25. The third-order valence-corrected chi connectivity index (χ3v) is 2.18. The first kappa shape index (κ1) is 11.6. The molecule has 0 aliphatic carbocycles. The highest BCUT2D eigenvalue weighted by atomic mass is 16.4. The van der Waals surface area contributed by atoms with E-state index in [9.17, 15) is 4.79 Å². The number of rotatable bonds is 3. The molecule has 0 aliphatic heterocycles. The van der Waals surface area contributed by atoms with Crippen LogP contribution < -0.4 is 0 Å². The molecule has 82 valence electrons. The second-order valence-corrected chi connectivity index (χ2v) is 4.43. The molecular weight excluding hydrogens is 192 g/mol. The zero-order chi connectivity index (χ0) is 11.6. The predicted molar refractivity (Wildman–Crippen MR) is 56.8 cm³/mol. The lowest BCUT2D eigenvalue weighted by atomic mass is 9.88. The minimum Gasteiger partial charge on any atom is -0.481 e. The zero-order valence-electron chi connectivity index (χ0n) is 9.53. The van der Waals surface area contributed by atoms with Gasteiger partial charge in [-0.15, -0.1) is 0 Å². The number of carboxylic acid groups (broad SMARTS) is 1. The van der Waals surface area contributed by atoms with Gasteiger partial charge in [0.05, 0.1) is 6.42 Å². The fourth-order valence-corrected chi connectivity index (χ4v) is 1.49. The van der Waals surface area contributed by atoms with Gasteiger partial charge in [0.15, 0.2) is 0 Å². The Bertz CT molecular complexity index is 366. The Morgan fingerprint density at radius 2 is 1.80 bits per heavy atom. The summed E-state index contributed by atoms with van der Waals surface area (Å²) in [5.74, 6) is -0.231. The number of nitrogens with zero attached hydrogens (tertiary/aromatic N) is 2. The molecule has 1 aromatic rings. The van der Waals surface area contributed by atoms with E-state index in [2.05, 4.69) is 9.97 Å². The summed E-state index contributed by atoms with van der Waals surface area (Å²) in [6.07, 6.45) is 0.0376. The molecule has 0 radical (unpaired) electrons. The van der Waals surface area contributed by atoms with Crippen molar-refractivity contribution in [3.8, 4) is 0 Å². The first-order valence-electron chi connectivity index (χ1n) is 4.86. The quantitative estimate of drug-likeness (QED) is 0.823. The van der Waals surface area contributed by atoms with E-state index < -0.39 is 11.4 Å². The van der Waals surface area contributed by atoms with Crippen molar-refractivity contribution in [3.05, 3.63) is 23.3 Å². The van der Waals surface area contributed by atoms with Crippen molar-refractivity contribution in [1.82, 2.24) is 9.97 Å². The number of carboxylic acids is 1. The summed E-state index contributed by atoms with van der Waals surface area (Å²) in [5.41, 5.74) is 1.22. The summed E-state index contributed by atoms with van der Waals surface area (Å²) in [5, 5.41) is 8.79. The molecule has 4 nitrogen and oxygen atoms in total. The summed E-state index contributed by atoms with van der Waals surface area (Å²) in [7, 11) is 0. The molecule has 0 unspecified atom stereocenters. The standard InChI is InChI=1S/C11H16N2O2/c1-7-5-8(2)13-10(12-7)11(3,4)6-9(14)15/h5H,6H2,1-4H3,(H,14,15). The van der Waals surface area contributed by atoms with Gasteiger partial charge in [-0.1, -0.05) is 13.8 Å². The SMILES string of the molecule is Cc1cc(C)nc(C(C)(C)CC(=O)O)n1. The molecule has 0 bridgehead atoms. The average molecular weight is 208 g/mol. The summed E-state index contributed by atoms with van der Waals surface area (Å²) in [6, 6.07) is 1.88. The van der Waals surface area contributed by atoms with Crippen molar-refractivity contribution in [3.63, 3.8) is 0 Å². The normalized spacial score (nSPS) is 11.5. The molecule has 1 N–H and O–H groups in total. The Morgan fingerprint density at radius 3 is 2.20 bits per heavy atom. The fraction of sp³-hybridized carbons (Fsp3) is 0.545. The van der Waals surface area contributed by atoms with Gasteiger partial charge in [0.25, 0.3) is 0 Å². The minimum atomic E-state index is -0.831. The van der Waals surface area contributed by atoms with Gasteiger partial charge in [0.1, 0.15) is 5.82 Å². The van der Waals surface area contributed by atoms with Gasteiger partial charge in [0.2, 0.25) is 0 Å². The summed E-state index contributed by atoms with van der Waals surface area (Å²) in [6.45, 7) is 7.45. The first-order valence-corrected chi connectivity index (χ1v) is 4.86. The van der Waals surface area contributed by atoms with Crippen LogP contribution in [-0.2, 0) is 10.2 Å². The van der Waals surface area contributed by atoms with E-state index in [-0.39, 0.29) is 6.42 Å². The molecule has 0 aliphatic rings. The third-order valence-electron chi connectivity index (χ3n) is 2.18. The highest BCUT2D eigenvalue weighted by molar-refractivity contribution is 5.68. The van der Waals surface area contributed by atoms with Gasteiger partial charge in [-0.05, 0) is 19.9 Å². The first-order chi connectivity index (χ1) is 6.81. The number of hydrogen-bond donors (Lipinski definition) is 1. The predicted octanol–water partition coefficient (Wildman–Crippen LogP) is 1.85. The lowest BCUT2D eigenvalue weighted by Gasteiger charge is -2.21. The highest BCUT2D eigenvalue weighted by Crippen LogP contribution is 2.24. The van der Waals surface area contributed by atoms with Crippen LogP contribution in [0.4, 0.5) is 0 Å². The van der Waals surface area contributed by atoms with Gasteiger partial charge >= 0.3 is 5.97 Å². The van der Waals surface area contributed by atoms with Crippen molar-refractivity contribution in [2.75, 3.05) is 0 Å². The maximum absolute atomic E-state index is 10.7. The van der Waals surface area contributed by atoms with Crippen molar-refractivity contribution >= 4 is 5.97 Å². The van der Waals surface area contributed by atoms with Gasteiger partial charge in [-0.2, -0.15) is 0 Å². The van der Waals surface area contributed by atoms with Gasteiger partial charge in [0, 0.05) is 16.8 Å². The summed E-state index contributed by atoms with van der Waals surface area (Å²) < 4.78 is 0. The van der Waals surface area contributed by atoms with Crippen LogP contribution in [0.5, 0.6) is 0 Å².